The maximum absolute atomic E-state index is 11.8. The average molecular weight is 332 g/mol. The van der Waals surface area contributed by atoms with Crippen LogP contribution in [-0.2, 0) is 21.1 Å². The predicted octanol–water partition coefficient (Wildman–Crippen LogP) is 1.78. The number of sulfone groups is 1. The fourth-order valence-electron chi connectivity index (χ4n) is 2.14. The largest absolute Gasteiger partial charge is 0.299 e. The number of hydrogen-bond acceptors (Lipinski definition) is 4. The van der Waals surface area contributed by atoms with Crippen molar-refractivity contribution in [2.24, 2.45) is 5.92 Å². The number of pyridine rings is 1. The lowest BCUT2D eigenvalue weighted by atomic mass is 9.99. The van der Waals surface area contributed by atoms with E-state index in [1.807, 2.05) is 6.07 Å². The number of carbonyl (C=O) groups is 1. The molecule has 1 aliphatic rings. The molecule has 0 bridgehead atoms. The first-order chi connectivity index (χ1) is 8.44. The number of rotatable bonds is 4. The summed E-state index contributed by atoms with van der Waals surface area (Å²) in [6.45, 7) is 0. The van der Waals surface area contributed by atoms with Crippen molar-refractivity contribution in [1.29, 1.82) is 0 Å². The highest BCUT2D eigenvalue weighted by Gasteiger charge is 2.29. The van der Waals surface area contributed by atoms with Crippen LogP contribution in [0, 0.1) is 5.92 Å². The second kappa shape index (κ2) is 5.48. The molecule has 1 atom stereocenters. The van der Waals surface area contributed by atoms with E-state index in [9.17, 15) is 13.2 Å². The molecule has 0 spiro atoms. The molecule has 4 nitrogen and oxygen atoms in total. The molecule has 1 unspecified atom stereocenters. The summed E-state index contributed by atoms with van der Waals surface area (Å²) >= 11 is 3.28. The van der Waals surface area contributed by atoms with Gasteiger partial charge >= 0.3 is 0 Å². The van der Waals surface area contributed by atoms with Gasteiger partial charge in [-0.15, -0.1) is 0 Å². The third kappa shape index (κ3) is 3.88. The van der Waals surface area contributed by atoms with Crippen molar-refractivity contribution in [2.45, 2.75) is 19.3 Å². The third-order valence-corrected chi connectivity index (χ3v) is 5.32. The van der Waals surface area contributed by atoms with Crippen LogP contribution in [0.1, 0.15) is 18.5 Å². The van der Waals surface area contributed by atoms with Crippen molar-refractivity contribution in [2.75, 3.05) is 11.5 Å². The monoisotopic (exact) mass is 331 g/mol. The summed E-state index contributed by atoms with van der Waals surface area (Å²) in [6.07, 6.45) is 2.89. The topological polar surface area (TPSA) is 64.1 Å². The molecule has 0 amide bonds. The van der Waals surface area contributed by atoms with Gasteiger partial charge in [-0.3, -0.25) is 9.78 Å². The second-order valence-electron chi connectivity index (χ2n) is 4.66. The molecule has 1 saturated heterocycles. The highest BCUT2D eigenvalue weighted by Crippen LogP contribution is 2.22. The molecule has 2 rings (SSSR count). The Morgan fingerprint density at radius 3 is 2.78 bits per heavy atom. The molecule has 1 fully saturated rings. The van der Waals surface area contributed by atoms with Gasteiger partial charge in [0.2, 0.25) is 0 Å². The zero-order valence-electron chi connectivity index (χ0n) is 9.80. The van der Waals surface area contributed by atoms with Crippen molar-refractivity contribution in [3.05, 3.63) is 28.5 Å². The Morgan fingerprint density at radius 1 is 1.44 bits per heavy atom. The van der Waals surface area contributed by atoms with E-state index in [0.717, 1.165) is 10.2 Å². The van der Waals surface area contributed by atoms with E-state index in [2.05, 4.69) is 20.9 Å². The minimum absolute atomic E-state index is 0.00190. The van der Waals surface area contributed by atoms with E-state index in [-0.39, 0.29) is 29.6 Å². The summed E-state index contributed by atoms with van der Waals surface area (Å²) in [4.78, 5) is 16.0. The van der Waals surface area contributed by atoms with Crippen LogP contribution < -0.4 is 0 Å². The van der Waals surface area contributed by atoms with Crippen LogP contribution >= 0.6 is 15.9 Å². The molecule has 1 aromatic heterocycles. The van der Waals surface area contributed by atoms with Crippen molar-refractivity contribution in [1.82, 2.24) is 4.98 Å². The fraction of sp³-hybridized carbons (Fsp3) is 0.500. The minimum atomic E-state index is -2.89. The number of Topliss-reactive ketones (excluding diaryl/α,β-unsaturated/α-hetero) is 1. The Hall–Kier alpha value is -0.750. The number of halogens is 1. The Balaban J connectivity index is 1.88. The van der Waals surface area contributed by atoms with E-state index in [1.165, 1.54) is 0 Å². The quantitative estimate of drug-likeness (QED) is 0.843. The van der Waals surface area contributed by atoms with Crippen molar-refractivity contribution < 1.29 is 13.2 Å². The molecule has 0 N–H and O–H groups in total. The standard InChI is InChI=1S/C12H14BrNO3S/c13-10-1-2-11(14-7-10)6-12(15)5-9-3-4-18(16,17)8-9/h1-2,7,9H,3-6,8H2. The Labute approximate surface area is 115 Å². The number of aromatic nitrogens is 1. The first-order valence-corrected chi connectivity index (χ1v) is 8.38. The van der Waals surface area contributed by atoms with E-state index in [0.29, 0.717) is 12.8 Å². The van der Waals surface area contributed by atoms with E-state index in [1.54, 1.807) is 12.3 Å². The molecule has 6 heteroatoms. The first kappa shape index (κ1) is 13.7. The lowest BCUT2D eigenvalue weighted by Gasteiger charge is -2.06. The maximum Gasteiger partial charge on any atom is 0.150 e. The van der Waals surface area contributed by atoms with Crippen LogP contribution in [0.5, 0.6) is 0 Å². The van der Waals surface area contributed by atoms with Gasteiger partial charge in [-0.05, 0) is 40.4 Å². The number of carbonyl (C=O) groups excluding carboxylic acids is 1. The zero-order valence-corrected chi connectivity index (χ0v) is 12.2. The van der Waals surface area contributed by atoms with Crippen LogP contribution in [-0.4, -0.2) is 30.7 Å². The summed E-state index contributed by atoms with van der Waals surface area (Å²) in [5.74, 6) is 0.443. The van der Waals surface area contributed by atoms with Gasteiger partial charge in [0.15, 0.2) is 9.84 Å². The van der Waals surface area contributed by atoms with Gasteiger partial charge in [-0.25, -0.2) is 8.42 Å². The van der Waals surface area contributed by atoms with E-state index >= 15 is 0 Å². The highest BCUT2D eigenvalue weighted by atomic mass is 79.9. The Morgan fingerprint density at radius 2 is 2.22 bits per heavy atom. The molecule has 1 aliphatic heterocycles. The molecule has 0 aromatic carbocycles. The van der Waals surface area contributed by atoms with E-state index in [4.69, 9.17) is 0 Å². The number of ketones is 1. The van der Waals surface area contributed by atoms with Crippen molar-refractivity contribution in [3.8, 4) is 0 Å². The van der Waals surface area contributed by atoms with Crippen molar-refractivity contribution in [3.63, 3.8) is 0 Å². The Kier molecular flexibility index (Phi) is 4.17. The fourth-order valence-corrected chi connectivity index (χ4v) is 4.24. The maximum atomic E-state index is 11.8. The molecule has 98 valence electrons. The van der Waals surface area contributed by atoms with Crippen LogP contribution in [0.4, 0.5) is 0 Å². The highest BCUT2D eigenvalue weighted by molar-refractivity contribution is 9.10. The normalized spacial score (nSPS) is 21.9. The van der Waals surface area contributed by atoms with Crippen LogP contribution in [0.15, 0.2) is 22.8 Å². The van der Waals surface area contributed by atoms with Crippen LogP contribution in [0.3, 0.4) is 0 Å². The second-order valence-corrected chi connectivity index (χ2v) is 7.80. The molecule has 0 radical (unpaired) electrons. The Bertz CT molecular complexity index is 539. The average Bonchev–Trinajstić information content (AvgIpc) is 2.61. The number of hydrogen-bond donors (Lipinski definition) is 0. The van der Waals surface area contributed by atoms with Crippen LogP contribution in [0.2, 0.25) is 0 Å². The van der Waals surface area contributed by atoms with Crippen molar-refractivity contribution >= 4 is 31.6 Å². The summed E-state index contributed by atoms with van der Waals surface area (Å²) in [5.41, 5.74) is 0.726. The lowest BCUT2D eigenvalue weighted by molar-refractivity contribution is -0.119. The van der Waals surface area contributed by atoms with Gasteiger partial charge in [0, 0.05) is 29.2 Å². The van der Waals surface area contributed by atoms with Crippen LogP contribution in [0.25, 0.3) is 0 Å². The summed E-state index contributed by atoms with van der Waals surface area (Å²) in [6, 6.07) is 3.64. The van der Waals surface area contributed by atoms with Gasteiger partial charge in [0.1, 0.15) is 5.78 Å². The molecule has 2 heterocycles. The van der Waals surface area contributed by atoms with E-state index < -0.39 is 9.84 Å². The summed E-state index contributed by atoms with van der Waals surface area (Å²) in [5, 5.41) is 0. The minimum Gasteiger partial charge on any atom is -0.299 e. The van der Waals surface area contributed by atoms with Gasteiger partial charge in [-0.1, -0.05) is 0 Å². The molecule has 18 heavy (non-hydrogen) atoms. The van der Waals surface area contributed by atoms with Gasteiger partial charge in [0.05, 0.1) is 11.5 Å². The molecule has 0 saturated carbocycles. The summed E-state index contributed by atoms with van der Waals surface area (Å²) in [7, 11) is -2.89. The smallest absolute Gasteiger partial charge is 0.150 e. The van der Waals surface area contributed by atoms with Gasteiger partial charge in [0.25, 0.3) is 0 Å². The molecular formula is C12H14BrNO3S. The van der Waals surface area contributed by atoms with Gasteiger partial charge < -0.3 is 0 Å². The number of nitrogens with zero attached hydrogens (tertiary/aromatic N) is 1. The third-order valence-electron chi connectivity index (χ3n) is 3.01. The molecular weight excluding hydrogens is 318 g/mol. The zero-order chi connectivity index (χ0) is 13.2. The SMILES string of the molecule is O=C(Cc1ccc(Br)cn1)CC1CCS(=O)(=O)C1. The van der Waals surface area contributed by atoms with Gasteiger partial charge in [-0.2, -0.15) is 0 Å². The molecule has 0 aliphatic carbocycles. The summed E-state index contributed by atoms with van der Waals surface area (Å²) < 4.78 is 23.5. The predicted molar refractivity (Wildman–Crippen MR) is 72.0 cm³/mol. The first-order valence-electron chi connectivity index (χ1n) is 5.77. The molecule has 1 aromatic rings. The lowest BCUT2D eigenvalue weighted by Crippen LogP contribution is -2.12.